The van der Waals surface area contributed by atoms with Crippen LogP contribution in [0.25, 0.3) is 0 Å². The number of anilines is 1. The van der Waals surface area contributed by atoms with Crippen LogP contribution in [0.1, 0.15) is 17.0 Å². The van der Waals surface area contributed by atoms with E-state index >= 15 is 0 Å². The number of amides is 1. The molecule has 0 aliphatic carbocycles. The van der Waals surface area contributed by atoms with Crippen LogP contribution in [0.2, 0.25) is 0 Å². The van der Waals surface area contributed by atoms with E-state index in [1.54, 1.807) is 47.2 Å². The summed E-state index contributed by atoms with van der Waals surface area (Å²) in [6.07, 6.45) is 1.52. The van der Waals surface area contributed by atoms with Gasteiger partial charge in [-0.2, -0.15) is 0 Å². The molecule has 1 aromatic carbocycles. The summed E-state index contributed by atoms with van der Waals surface area (Å²) in [4.78, 5) is 39.1. The van der Waals surface area contributed by atoms with E-state index in [-0.39, 0.29) is 42.7 Å². The zero-order chi connectivity index (χ0) is 20.1. The fourth-order valence-corrected chi connectivity index (χ4v) is 3.22. The van der Waals surface area contributed by atoms with Crippen LogP contribution in [-0.4, -0.2) is 60.9 Å². The van der Waals surface area contributed by atoms with Gasteiger partial charge in [-0.15, -0.1) is 0 Å². The maximum atomic E-state index is 12.9. The summed E-state index contributed by atoms with van der Waals surface area (Å²) >= 11 is 0. The number of hydrogen-bond acceptors (Lipinski definition) is 7. The standard InChI is InChI=1S/C19H21N3O6/c1-20(15-5-2-3-6-16(15)22(25)26)12-19(24)21-8-10-27-13-14(21)11-17(23)18-7-4-9-28-18/h2-7,9,14H,8,10-13H2,1H3. The lowest BCUT2D eigenvalue weighted by Crippen LogP contribution is -2.52. The van der Waals surface area contributed by atoms with Crippen molar-refractivity contribution in [3.8, 4) is 0 Å². The Kier molecular flexibility index (Phi) is 6.05. The number of furan rings is 1. The highest BCUT2D eigenvalue weighted by atomic mass is 16.6. The predicted molar refractivity (Wildman–Crippen MR) is 100 cm³/mol. The SMILES string of the molecule is CN(CC(=O)N1CCOCC1CC(=O)c1ccco1)c1ccccc1[N+](=O)[O-]. The minimum Gasteiger partial charge on any atom is -0.461 e. The van der Waals surface area contributed by atoms with Crippen molar-refractivity contribution in [1.82, 2.24) is 4.90 Å². The van der Waals surface area contributed by atoms with Gasteiger partial charge in [-0.1, -0.05) is 12.1 Å². The number of hydrogen-bond donors (Lipinski definition) is 0. The van der Waals surface area contributed by atoms with E-state index in [0.717, 1.165) is 0 Å². The van der Waals surface area contributed by atoms with Gasteiger partial charge < -0.3 is 19.0 Å². The van der Waals surface area contributed by atoms with Crippen LogP contribution in [0.4, 0.5) is 11.4 Å². The van der Waals surface area contributed by atoms with Gasteiger partial charge >= 0.3 is 0 Å². The zero-order valence-corrected chi connectivity index (χ0v) is 15.4. The Hall–Kier alpha value is -3.20. The molecule has 1 fully saturated rings. The van der Waals surface area contributed by atoms with Crippen molar-refractivity contribution in [1.29, 1.82) is 0 Å². The molecule has 2 aromatic rings. The average molecular weight is 387 g/mol. The Balaban J connectivity index is 1.69. The van der Waals surface area contributed by atoms with Crippen molar-refractivity contribution in [3.05, 3.63) is 58.5 Å². The first kappa shape index (κ1) is 19.6. The smallest absolute Gasteiger partial charge is 0.292 e. The predicted octanol–water partition coefficient (Wildman–Crippen LogP) is 2.12. The average Bonchev–Trinajstić information content (AvgIpc) is 3.23. The largest absolute Gasteiger partial charge is 0.461 e. The third-order valence-electron chi connectivity index (χ3n) is 4.63. The van der Waals surface area contributed by atoms with Crippen LogP contribution in [-0.2, 0) is 9.53 Å². The number of para-hydroxylation sites is 2. The fourth-order valence-electron chi connectivity index (χ4n) is 3.22. The number of morpholine rings is 1. The summed E-state index contributed by atoms with van der Waals surface area (Å²) in [7, 11) is 1.63. The highest BCUT2D eigenvalue weighted by molar-refractivity contribution is 5.94. The van der Waals surface area contributed by atoms with E-state index in [4.69, 9.17) is 9.15 Å². The second kappa shape index (κ2) is 8.66. The van der Waals surface area contributed by atoms with Gasteiger partial charge in [-0.05, 0) is 18.2 Å². The number of likely N-dealkylation sites (N-methyl/N-ethyl adjacent to an activating group) is 1. The van der Waals surface area contributed by atoms with Crippen molar-refractivity contribution in [2.75, 3.05) is 38.3 Å². The number of rotatable bonds is 7. The summed E-state index contributed by atoms with van der Waals surface area (Å²) in [6.45, 7) is 0.954. The fraction of sp³-hybridized carbons (Fsp3) is 0.368. The molecule has 1 aliphatic heterocycles. The maximum absolute atomic E-state index is 12.9. The van der Waals surface area contributed by atoms with Gasteiger partial charge in [0, 0.05) is 26.1 Å². The maximum Gasteiger partial charge on any atom is 0.292 e. The number of carbonyl (C=O) groups excluding carboxylic acids is 2. The summed E-state index contributed by atoms with van der Waals surface area (Å²) in [5.41, 5.74) is 0.293. The van der Waals surface area contributed by atoms with E-state index < -0.39 is 11.0 Å². The van der Waals surface area contributed by atoms with Gasteiger partial charge in [0.05, 0.1) is 37.0 Å². The van der Waals surface area contributed by atoms with Crippen molar-refractivity contribution in [2.45, 2.75) is 12.5 Å². The topological polar surface area (TPSA) is 106 Å². The summed E-state index contributed by atoms with van der Waals surface area (Å²) in [5, 5.41) is 11.2. The number of ether oxygens (including phenoxy) is 1. The van der Waals surface area contributed by atoms with Gasteiger partial charge in [0.1, 0.15) is 5.69 Å². The van der Waals surface area contributed by atoms with Gasteiger partial charge in [0.15, 0.2) is 11.5 Å². The number of nitro groups is 1. The minimum absolute atomic E-state index is 0.0453. The first-order valence-corrected chi connectivity index (χ1v) is 8.86. The van der Waals surface area contributed by atoms with Crippen LogP contribution < -0.4 is 4.90 Å². The van der Waals surface area contributed by atoms with Crippen LogP contribution >= 0.6 is 0 Å². The van der Waals surface area contributed by atoms with E-state index in [0.29, 0.717) is 18.8 Å². The first-order valence-electron chi connectivity index (χ1n) is 8.86. The van der Waals surface area contributed by atoms with E-state index in [1.807, 2.05) is 0 Å². The Morgan fingerprint density at radius 1 is 1.29 bits per heavy atom. The molecular weight excluding hydrogens is 366 g/mol. The summed E-state index contributed by atoms with van der Waals surface area (Å²) < 4.78 is 10.6. The molecule has 148 valence electrons. The van der Waals surface area contributed by atoms with Gasteiger partial charge in [-0.25, -0.2) is 0 Å². The number of benzene rings is 1. The van der Waals surface area contributed by atoms with E-state index in [1.165, 1.54) is 12.3 Å². The molecule has 1 amide bonds. The number of nitrogens with zero attached hydrogens (tertiary/aromatic N) is 3. The molecule has 28 heavy (non-hydrogen) atoms. The number of carbonyl (C=O) groups is 2. The highest BCUT2D eigenvalue weighted by Crippen LogP contribution is 2.26. The molecule has 0 saturated carbocycles. The Morgan fingerprint density at radius 3 is 2.79 bits per heavy atom. The van der Waals surface area contributed by atoms with Gasteiger partial charge in [0.2, 0.25) is 5.91 Å². The normalized spacial score (nSPS) is 16.6. The molecule has 1 atom stereocenters. The third-order valence-corrected chi connectivity index (χ3v) is 4.63. The number of ketones is 1. The molecule has 2 heterocycles. The monoisotopic (exact) mass is 387 g/mol. The molecular formula is C19H21N3O6. The van der Waals surface area contributed by atoms with Crippen LogP contribution in [0.3, 0.4) is 0 Å². The van der Waals surface area contributed by atoms with Crippen LogP contribution in [0, 0.1) is 10.1 Å². The molecule has 1 saturated heterocycles. The lowest BCUT2D eigenvalue weighted by Gasteiger charge is -2.36. The zero-order valence-electron chi connectivity index (χ0n) is 15.4. The number of Topliss-reactive ketones (excluding diaryl/α,β-unsaturated/α-hetero) is 1. The molecule has 9 heteroatoms. The van der Waals surface area contributed by atoms with Gasteiger partial charge in [-0.3, -0.25) is 19.7 Å². The quantitative estimate of drug-likeness (QED) is 0.407. The second-order valence-electron chi connectivity index (χ2n) is 6.52. The molecule has 1 unspecified atom stereocenters. The number of nitro benzene ring substituents is 1. The lowest BCUT2D eigenvalue weighted by atomic mass is 10.1. The summed E-state index contributed by atoms with van der Waals surface area (Å²) in [5.74, 6) is -0.179. The lowest BCUT2D eigenvalue weighted by molar-refractivity contribution is -0.384. The van der Waals surface area contributed by atoms with Crippen LogP contribution in [0.5, 0.6) is 0 Å². The van der Waals surface area contributed by atoms with Crippen molar-refractivity contribution < 1.29 is 23.7 Å². The van der Waals surface area contributed by atoms with Crippen molar-refractivity contribution in [2.24, 2.45) is 0 Å². The molecule has 1 aliphatic rings. The minimum atomic E-state index is -0.476. The van der Waals surface area contributed by atoms with Gasteiger partial charge in [0.25, 0.3) is 5.69 Å². The molecule has 0 spiro atoms. The van der Waals surface area contributed by atoms with Crippen molar-refractivity contribution in [3.63, 3.8) is 0 Å². The third kappa shape index (κ3) is 4.37. The molecule has 0 bridgehead atoms. The molecule has 0 radical (unpaired) electrons. The van der Waals surface area contributed by atoms with Crippen LogP contribution in [0.15, 0.2) is 47.1 Å². The molecule has 1 aromatic heterocycles. The summed E-state index contributed by atoms with van der Waals surface area (Å²) in [6, 6.07) is 9.07. The molecule has 3 rings (SSSR count). The van der Waals surface area contributed by atoms with E-state index in [2.05, 4.69) is 0 Å². The van der Waals surface area contributed by atoms with E-state index in [9.17, 15) is 19.7 Å². The highest BCUT2D eigenvalue weighted by Gasteiger charge is 2.31. The first-order chi connectivity index (χ1) is 13.5. The second-order valence-corrected chi connectivity index (χ2v) is 6.52. The van der Waals surface area contributed by atoms with Crippen molar-refractivity contribution >= 4 is 23.1 Å². The Morgan fingerprint density at radius 2 is 2.07 bits per heavy atom. The molecule has 0 N–H and O–H groups in total. The Bertz CT molecular complexity index is 851. The Labute approximate surface area is 161 Å². The molecule has 9 nitrogen and oxygen atoms in total.